The summed E-state index contributed by atoms with van der Waals surface area (Å²) in [6.45, 7) is 4.88. The van der Waals surface area contributed by atoms with Gasteiger partial charge in [-0.1, -0.05) is 115 Å². The van der Waals surface area contributed by atoms with E-state index in [0.29, 0.717) is 43.4 Å². The van der Waals surface area contributed by atoms with Gasteiger partial charge in [-0.15, -0.1) is 0 Å². The molecule has 0 aliphatic heterocycles. The van der Waals surface area contributed by atoms with Crippen molar-refractivity contribution in [1.82, 2.24) is 0 Å². The van der Waals surface area contributed by atoms with Crippen LogP contribution in [0.3, 0.4) is 0 Å². The number of carbonyl (C=O) groups is 3. The minimum atomic E-state index is -1.07. The molecule has 0 saturated heterocycles. The van der Waals surface area contributed by atoms with Gasteiger partial charge in [0.2, 0.25) is 0 Å². The zero-order valence-corrected chi connectivity index (χ0v) is 27.8. The molecule has 0 heterocycles. The molecule has 0 aliphatic rings. The standard InChI is InChI=1S/C36H67NO6/c1-2-3-4-5-6-7-8-9-10-11-12-13-14-15-16-17-18-19-20-21-22-23-30-37(31-24-27-34(38)39,32-25-28-35(40)41)33-26-29-36(42)43/h2-3H,4-33H2,1H3,(H2-,38,39,40,41,42,43)/b3-2+. The van der Waals surface area contributed by atoms with E-state index in [2.05, 4.69) is 19.1 Å². The average Bonchev–Trinajstić information content (AvgIpc) is 2.95. The van der Waals surface area contributed by atoms with E-state index in [1.807, 2.05) is 0 Å². The minimum Gasteiger partial charge on any atom is -0.550 e. The van der Waals surface area contributed by atoms with Crippen molar-refractivity contribution in [1.29, 1.82) is 0 Å². The highest BCUT2D eigenvalue weighted by Crippen LogP contribution is 2.19. The van der Waals surface area contributed by atoms with Gasteiger partial charge in [0.15, 0.2) is 0 Å². The Morgan fingerprint density at radius 2 is 0.791 bits per heavy atom. The second-order valence-corrected chi connectivity index (χ2v) is 12.8. The molecule has 7 nitrogen and oxygen atoms in total. The van der Waals surface area contributed by atoms with E-state index < -0.39 is 17.9 Å². The number of aliphatic carboxylic acids is 3. The summed E-state index contributed by atoms with van der Waals surface area (Å²) in [7, 11) is 0. The lowest BCUT2D eigenvalue weighted by Gasteiger charge is -2.39. The quantitative estimate of drug-likeness (QED) is 0.0430. The fourth-order valence-electron chi connectivity index (χ4n) is 6.24. The molecule has 2 N–H and O–H groups in total. The maximum Gasteiger partial charge on any atom is 0.303 e. The van der Waals surface area contributed by atoms with Gasteiger partial charge in [-0.05, 0) is 39.0 Å². The molecule has 0 radical (unpaired) electrons. The number of carbonyl (C=O) groups excluding carboxylic acids is 1. The van der Waals surface area contributed by atoms with Crippen molar-refractivity contribution >= 4 is 17.9 Å². The Morgan fingerprint density at radius 3 is 1.12 bits per heavy atom. The van der Waals surface area contributed by atoms with Gasteiger partial charge in [0, 0.05) is 25.2 Å². The van der Waals surface area contributed by atoms with E-state index in [0.717, 1.165) is 19.4 Å². The van der Waals surface area contributed by atoms with Gasteiger partial charge in [0.25, 0.3) is 0 Å². The lowest BCUT2D eigenvalue weighted by Crippen LogP contribution is -2.51. The van der Waals surface area contributed by atoms with Crippen molar-refractivity contribution in [2.75, 3.05) is 26.2 Å². The molecule has 0 bridgehead atoms. The monoisotopic (exact) mass is 609 g/mol. The van der Waals surface area contributed by atoms with Crippen molar-refractivity contribution < 1.29 is 34.2 Å². The predicted octanol–water partition coefficient (Wildman–Crippen LogP) is 8.44. The zero-order chi connectivity index (χ0) is 31.9. The first kappa shape index (κ1) is 41.1. The maximum absolute atomic E-state index is 11.1. The normalized spacial score (nSPS) is 11.8. The Morgan fingerprint density at radius 1 is 0.488 bits per heavy atom. The summed E-state index contributed by atoms with van der Waals surface area (Å²) in [5.41, 5.74) is 0. The summed E-state index contributed by atoms with van der Waals surface area (Å²) in [6, 6.07) is 0. The highest BCUT2D eigenvalue weighted by molar-refractivity contribution is 5.66. The Hall–Kier alpha value is -1.89. The number of unbranched alkanes of at least 4 members (excludes halogenated alkanes) is 19. The summed E-state index contributed by atoms with van der Waals surface area (Å²) in [5, 5.41) is 29.2. The van der Waals surface area contributed by atoms with Crippen LogP contribution in [0.2, 0.25) is 0 Å². The average molecular weight is 610 g/mol. The molecule has 0 spiro atoms. The first-order chi connectivity index (χ1) is 20.8. The van der Waals surface area contributed by atoms with Gasteiger partial charge in [-0.3, -0.25) is 9.59 Å². The summed E-state index contributed by atoms with van der Waals surface area (Å²) >= 11 is 0. The van der Waals surface area contributed by atoms with Gasteiger partial charge >= 0.3 is 11.9 Å². The van der Waals surface area contributed by atoms with E-state index in [4.69, 9.17) is 10.2 Å². The molecule has 0 fully saturated rings. The highest BCUT2D eigenvalue weighted by atomic mass is 16.4. The zero-order valence-electron chi connectivity index (χ0n) is 27.8. The number of quaternary nitrogens is 1. The van der Waals surface area contributed by atoms with E-state index >= 15 is 0 Å². The van der Waals surface area contributed by atoms with E-state index in [-0.39, 0.29) is 19.3 Å². The third kappa shape index (κ3) is 29.9. The molecule has 0 unspecified atom stereocenters. The summed E-state index contributed by atoms with van der Waals surface area (Å²) < 4.78 is 0.616. The topological polar surface area (TPSA) is 115 Å². The molecule has 0 saturated carbocycles. The van der Waals surface area contributed by atoms with Crippen LogP contribution in [0.1, 0.15) is 174 Å². The fourth-order valence-corrected chi connectivity index (χ4v) is 6.24. The van der Waals surface area contributed by atoms with Crippen LogP contribution in [0.5, 0.6) is 0 Å². The predicted molar refractivity (Wildman–Crippen MR) is 175 cm³/mol. The molecule has 0 aliphatic carbocycles. The van der Waals surface area contributed by atoms with Crippen molar-refractivity contribution in [2.24, 2.45) is 0 Å². The minimum absolute atomic E-state index is 0.0181. The molecule has 0 atom stereocenters. The van der Waals surface area contributed by atoms with Gasteiger partial charge in [0.1, 0.15) is 0 Å². The summed E-state index contributed by atoms with van der Waals surface area (Å²) in [4.78, 5) is 33.1. The lowest BCUT2D eigenvalue weighted by atomic mass is 10.0. The number of carboxylic acids is 3. The number of carboxylic acid groups (broad SMARTS) is 3. The molecule has 0 rings (SSSR count). The van der Waals surface area contributed by atoms with Crippen LogP contribution in [-0.4, -0.2) is 58.8 Å². The van der Waals surface area contributed by atoms with E-state index in [1.165, 1.54) is 116 Å². The molecule has 0 aromatic carbocycles. The third-order valence-corrected chi connectivity index (χ3v) is 8.80. The van der Waals surface area contributed by atoms with Gasteiger partial charge in [0.05, 0.1) is 39.0 Å². The van der Waals surface area contributed by atoms with Crippen LogP contribution in [-0.2, 0) is 14.4 Å². The van der Waals surface area contributed by atoms with E-state index in [1.54, 1.807) is 0 Å². The van der Waals surface area contributed by atoms with E-state index in [9.17, 15) is 19.5 Å². The molecule has 43 heavy (non-hydrogen) atoms. The maximum atomic E-state index is 11.1. The number of rotatable bonds is 34. The Balaban J connectivity index is 3.96. The van der Waals surface area contributed by atoms with Gasteiger partial charge in [-0.2, -0.15) is 0 Å². The van der Waals surface area contributed by atoms with Crippen molar-refractivity contribution in [2.45, 2.75) is 174 Å². The van der Waals surface area contributed by atoms with Crippen molar-refractivity contribution in [3.05, 3.63) is 12.2 Å². The SMILES string of the molecule is C/C=C/CCCCCCCCCCCCCCCCCCCCC[N+](CCCC(=O)[O-])(CCCC(=O)O)CCCC(=O)O. The van der Waals surface area contributed by atoms with Crippen LogP contribution in [0.25, 0.3) is 0 Å². The summed E-state index contributed by atoms with van der Waals surface area (Å²) in [5.74, 6) is -2.74. The molecule has 0 aromatic heterocycles. The number of hydrogen-bond acceptors (Lipinski definition) is 4. The molecule has 0 amide bonds. The fraction of sp³-hybridized carbons (Fsp3) is 0.861. The second kappa shape index (κ2) is 30.1. The third-order valence-electron chi connectivity index (χ3n) is 8.80. The Bertz CT molecular complexity index is 658. The van der Waals surface area contributed by atoms with Gasteiger partial charge in [-0.25, -0.2) is 0 Å². The number of allylic oxidation sites excluding steroid dienone is 2. The smallest absolute Gasteiger partial charge is 0.303 e. The lowest BCUT2D eigenvalue weighted by molar-refractivity contribution is -0.929. The van der Waals surface area contributed by atoms with Crippen molar-refractivity contribution in [3.8, 4) is 0 Å². The first-order valence-electron chi connectivity index (χ1n) is 17.9. The molecule has 252 valence electrons. The number of nitrogens with zero attached hydrogens (tertiary/aromatic N) is 1. The van der Waals surface area contributed by atoms with Crippen molar-refractivity contribution in [3.63, 3.8) is 0 Å². The van der Waals surface area contributed by atoms with Crippen LogP contribution in [0, 0.1) is 0 Å². The van der Waals surface area contributed by atoms with Crippen LogP contribution in [0.15, 0.2) is 12.2 Å². The first-order valence-corrected chi connectivity index (χ1v) is 17.9. The van der Waals surface area contributed by atoms with Crippen LogP contribution in [0.4, 0.5) is 0 Å². The molecule has 7 heteroatoms. The summed E-state index contributed by atoms with van der Waals surface area (Å²) in [6.07, 6.45) is 32.4. The highest BCUT2D eigenvalue weighted by Gasteiger charge is 2.26. The Labute approximate surface area is 264 Å². The van der Waals surface area contributed by atoms with Crippen LogP contribution < -0.4 is 5.11 Å². The molecular weight excluding hydrogens is 542 g/mol. The Kier molecular flexibility index (Phi) is 28.8. The second-order valence-electron chi connectivity index (χ2n) is 12.8. The van der Waals surface area contributed by atoms with Gasteiger partial charge < -0.3 is 24.6 Å². The van der Waals surface area contributed by atoms with Crippen LogP contribution >= 0.6 is 0 Å². The largest absolute Gasteiger partial charge is 0.550 e. The molecule has 0 aromatic rings. The number of hydrogen-bond donors (Lipinski definition) is 2. The molecular formula is C36H67NO6.